The lowest BCUT2D eigenvalue weighted by Crippen LogP contribution is -2.45. The summed E-state index contributed by atoms with van der Waals surface area (Å²) < 4.78 is 0. The van der Waals surface area contributed by atoms with Gasteiger partial charge in [-0.1, -0.05) is 38.5 Å². The number of piperidine rings is 1. The highest BCUT2D eigenvalue weighted by atomic mass is 15.1. The second-order valence-corrected chi connectivity index (χ2v) is 6.41. The van der Waals surface area contributed by atoms with Gasteiger partial charge in [0, 0.05) is 30.9 Å². The maximum Gasteiger partial charge on any atom is 0.0366 e. The molecule has 0 aromatic heterocycles. The zero-order valence-corrected chi connectivity index (χ0v) is 13.3. The van der Waals surface area contributed by atoms with Gasteiger partial charge in [0.15, 0.2) is 0 Å². The van der Waals surface area contributed by atoms with Gasteiger partial charge in [-0.2, -0.15) is 0 Å². The van der Waals surface area contributed by atoms with E-state index in [0.29, 0.717) is 12.1 Å². The summed E-state index contributed by atoms with van der Waals surface area (Å²) >= 11 is 0. The molecule has 0 aliphatic carbocycles. The van der Waals surface area contributed by atoms with Crippen LogP contribution in [0, 0.1) is 5.92 Å². The fourth-order valence-electron chi connectivity index (χ4n) is 3.18. The van der Waals surface area contributed by atoms with E-state index in [-0.39, 0.29) is 0 Å². The van der Waals surface area contributed by atoms with Gasteiger partial charge in [0.2, 0.25) is 0 Å². The van der Waals surface area contributed by atoms with E-state index in [1.54, 1.807) is 0 Å². The van der Waals surface area contributed by atoms with Crippen LogP contribution in [0.4, 0.5) is 5.69 Å². The molecule has 0 saturated carbocycles. The van der Waals surface area contributed by atoms with E-state index in [1.807, 2.05) is 0 Å². The molecule has 2 nitrogen and oxygen atoms in total. The minimum Gasteiger partial charge on any atom is -0.371 e. The summed E-state index contributed by atoms with van der Waals surface area (Å²) in [6.07, 6.45) is 5.12. The molecule has 2 heteroatoms. The van der Waals surface area contributed by atoms with E-state index < -0.39 is 0 Å². The Morgan fingerprint density at radius 2 is 1.80 bits per heavy atom. The first kappa shape index (κ1) is 15.4. The highest BCUT2D eigenvalue weighted by molar-refractivity contribution is 5.46. The van der Waals surface area contributed by atoms with Gasteiger partial charge in [0.1, 0.15) is 0 Å². The number of benzene rings is 1. The molecule has 0 radical (unpaired) electrons. The van der Waals surface area contributed by atoms with Crippen LogP contribution in [0.2, 0.25) is 0 Å². The Labute approximate surface area is 124 Å². The Kier molecular flexibility index (Phi) is 5.90. The quantitative estimate of drug-likeness (QED) is 0.841. The minimum absolute atomic E-state index is 0.651. The van der Waals surface area contributed by atoms with Crippen molar-refractivity contribution >= 4 is 5.69 Å². The van der Waals surface area contributed by atoms with E-state index >= 15 is 0 Å². The van der Waals surface area contributed by atoms with Crippen LogP contribution in [0.25, 0.3) is 0 Å². The summed E-state index contributed by atoms with van der Waals surface area (Å²) in [4.78, 5) is 2.51. The largest absolute Gasteiger partial charge is 0.371 e. The molecule has 1 aliphatic rings. The predicted molar refractivity (Wildman–Crippen MR) is 88.3 cm³/mol. The molecule has 0 spiro atoms. The molecule has 1 fully saturated rings. The van der Waals surface area contributed by atoms with E-state index in [2.05, 4.69) is 61.3 Å². The molecule has 2 rings (SSSR count). The van der Waals surface area contributed by atoms with Gasteiger partial charge < -0.3 is 10.2 Å². The first-order valence-corrected chi connectivity index (χ1v) is 8.25. The van der Waals surface area contributed by atoms with Crippen LogP contribution in [0.15, 0.2) is 30.3 Å². The van der Waals surface area contributed by atoms with Gasteiger partial charge in [-0.15, -0.1) is 0 Å². The average molecular weight is 274 g/mol. The Morgan fingerprint density at radius 3 is 2.40 bits per heavy atom. The number of nitrogens with zero attached hydrogens (tertiary/aromatic N) is 1. The molecule has 1 aliphatic heterocycles. The van der Waals surface area contributed by atoms with Crippen LogP contribution in [-0.4, -0.2) is 25.2 Å². The number of para-hydroxylation sites is 1. The maximum absolute atomic E-state index is 3.83. The number of hydrogen-bond donors (Lipinski definition) is 1. The lowest BCUT2D eigenvalue weighted by Gasteiger charge is -2.35. The highest BCUT2D eigenvalue weighted by Crippen LogP contribution is 2.20. The third-order valence-corrected chi connectivity index (χ3v) is 4.59. The van der Waals surface area contributed by atoms with Gasteiger partial charge in [-0.3, -0.25) is 0 Å². The first-order valence-electron chi connectivity index (χ1n) is 8.25. The smallest absolute Gasteiger partial charge is 0.0366 e. The van der Waals surface area contributed by atoms with Crippen molar-refractivity contribution in [1.29, 1.82) is 0 Å². The Morgan fingerprint density at radius 1 is 1.15 bits per heavy atom. The Balaban J connectivity index is 1.74. The van der Waals surface area contributed by atoms with Gasteiger partial charge in [0.25, 0.3) is 0 Å². The number of rotatable bonds is 6. The summed E-state index contributed by atoms with van der Waals surface area (Å²) in [6.45, 7) is 9.34. The summed E-state index contributed by atoms with van der Waals surface area (Å²) in [6, 6.07) is 12.2. The van der Waals surface area contributed by atoms with Crippen LogP contribution in [0.3, 0.4) is 0 Å². The van der Waals surface area contributed by atoms with Crippen molar-refractivity contribution in [3.8, 4) is 0 Å². The molecule has 1 aromatic rings. The highest BCUT2D eigenvalue weighted by Gasteiger charge is 2.20. The lowest BCUT2D eigenvalue weighted by atomic mass is 9.98. The van der Waals surface area contributed by atoms with Crippen LogP contribution < -0.4 is 10.2 Å². The van der Waals surface area contributed by atoms with E-state index in [9.17, 15) is 0 Å². The zero-order valence-electron chi connectivity index (χ0n) is 13.3. The molecular weight excluding hydrogens is 244 g/mol. The normalized spacial score (nSPS) is 19.9. The SMILES string of the molecule is CCC(C)CC(C)NC1CCN(c2ccccc2)CC1. The lowest BCUT2D eigenvalue weighted by molar-refractivity contribution is 0.336. The molecule has 112 valence electrons. The average Bonchev–Trinajstić information content (AvgIpc) is 2.48. The van der Waals surface area contributed by atoms with Gasteiger partial charge in [-0.25, -0.2) is 0 Å². The Hall–Kier alpha value is -1.02. The minimum atomic E-state index is 0.651. The summed E-state index contributed by atoms with van der Waals surface area (Å²) in [5, 5.41) is 3.83. The Bertz CT molecular complexity index is 368. The van der Waals surface area contributed by atoms with Crippen molar-refractivity contribution < 1.29 is 0 Å². The molecule has 0 bridgehead atoms. The van der Waals surface area contributed by atoms with Crippen molar-refractivity contribution in [2.45, 2.75) is 58.5 Å². The molecule has 20 heavy (non-hydrogen) atoms. The number of hydrogen-bond acceptors (Lipinski definition) is 2. The van der Waals surface area contributed by atoms with Gasteiger partial charge in [0.05, 0.1) is 0 Å². The topological polar surface area (TPSA) is 15.3 Å². The van der Waals surface area contributed by atoms with Crippen LogP contribution in [-0.2, 0) is 0 Å². The van der Waals surface area contributed by atoms with E-state index in [4.69, 9.17) is 0 Å². The molecule has 1 N–H and O–H groups in total. The summed E-state index contributed by atoms with van der Waals surface area (Å²) in [5.74, 6) is 0.835. The number of anilines is 1. The predicted octanol–water partition coefficient (Wildman–Crippen LogP) is 4.07. The van der Waals surface area contributed by atoms with Crippen molar-refractivity contribution in [1.82, 2.24) is 5.32 Å². The van der Waals surface area contributed by atoms with Crippen molar-refractivity contribution in [2.75, 3.05) is 18.0 Å². The molecule has 0 amide bonds. The second kappa shape index (κ2) is 7.68. The molecular formula is C18H30N2. The molecule has 1 heterocycles. The fourth-order valence-corrected chi connectivity index (χ4v) is 3.18. The molecule has 2 unspecified atom stereocenters. The molecule has 1 saturated heterocycles. The maximum atomic E-state index is 3.83. The van der Waals surface area contributed by atoms with Crippen molar-refractivity contribution in [3.05, 3.63) is 30.3 Å². The summed E-state index contributed by atoms with van der Waals surface area (Å²) in [5.41, 5.74) is 1.37. The monoisotopic (exact) mass is 274 g/mol. The number of nitrogens with one attached hydrogen (secondary N) is 1. The molecule has 2 atom stereocenters. The molecule has 1 aromatic carbocycles. The van der Waals surface area contributed by atoms with Crippen LogP contribution in [0.5, 0.6) is 0 Å². The standard InChI is InChI=1S/C18H30N2/c1-4-15(2)14-16(3)19-17-10-12-20(13-11-17)18-8-6-5-7-9-18/h5-9,15-17,19H,4,10-14H2,1-3H3. The van der Waals surface area contributed by atoms with Crippen molar-refractivity contribution in [2.24, 2.45) is 5.92 Å². The summed E-state index contributed by atoms with van der Waals surface area (Å²) in [7, 11) is 0. The van der Waals surface area contributed by atoms with E-state index in [0.717, 1.165) is 5.92 Å². The zero-order chi connectivity index (χ0) is 14.4. The fraction of sp³-hybridized carbons (Fsp3) is 0.667. The van der Waals surface area contributed by atoms with Gasteiger partial charge in [-0.05, 0) is 44.2 Å². The van der Waals surface area contributed by atoms with Crippen LogP contribution >= 0.6 is 0 Å². The van der Waals surface area contributed by atoms with Crippen LogP contribution in [0.1, 0.15) is 46.5 Å². The van der Waals surface area contributed by atoms with Crippen molar-refractivity contribution in [3.63, 3.8) is 0 Å². The third-order valence-electron chi connectivity index (χ3n) is 4.59. The first-order chi connectivity index (χ1) is 9.69. The second-order valence-electron chi connectivity index (χ2n) is 6.41. The van der Waals surface area contributed by atoms with E-state index in [1.165, 1.54) is 44.5 Å². The third kappa shape index (κ3) is 4.52. The van der Waals surface area contributed by atoms with Gasteiger partial charge >= 0.3 is 0 Å².